The lowest BCUT2D eigenvalue weighted by atomic mass is 9.97. The van der Waals surface area contributed by atoms with Gasteiger partial charge < -0.3 is 0 Å². The fourth-order valence-corrected chi connectivity index (χ4v) is 6.66. The molecule has 0 spiro atoms. The van der Waals surface area contributed by atoms with Crippen molar-refractivity contribution in [3.63, 3.8) is 0 Å². The van der Waals surface area contributed by atoms with Gasteiger partial charge in [-0.1, -0.05) is 17.8 Å². The van der Waals surface area contributed by atoms with Crippen LogP contribution < -0.4 is 11.1 Å². The van der Waals surface area contributed by atoms with E-state index in [1.165, 1.54) is 44.4 Å². The summed E-state index contributed by atoms with van der Waals surface area (Å²) in [6.45, 7) is 4.21. The number of allylic oxidation sites excluding steroid dienone is 1. The van der Waals surface area contributed by atoms with Gasteiger partial charge in [0.25, 0.3) is 11.1 Å². The molecule has 4 aromatic heterocycles. The van der Waals surface area contributed by atoms with Crippen LogP contribution >= 0.6 is 34.4 Å². The second-order valence-corrected chi connectivity index (χ2v) is 9.82. The molecule has 0 unspecified atom stereocenters. The maximum absolute atomic E-state index is 13.3. The minimum Gasteiger partial charge on any atom is -0.283 e. The average molecular weight is 443 g/mol. The normalized spacial score (nSPS) is 13.8. The maximum Gasteiger partial charge on any atom is 0.263 e. The third-order valence-electron chi connectivity index (χ3n) is 5.06. The van der Waals surface area contributed by atoms with Gasteiger partial charge in [0.15, 0.2) is 10.1 Å². The van der Waals surface area contributed by atoms with Gasteiger partial charge in [-0.3, -0.25) is 18.6 Å². The molecule has 0 radical (unpaired) electrons. The van der Waals surface area contributed by atoms with E-state index in [2.05, 4.69) is 11.6 Å². The van der Waals surface area contributed by atoms with Crippen LogP contribution in [0.4, 0.5) is 0 Å². The largest absolute Gasteiger partial charge is 0.283 e. The van der Waals surface area contributed by atoms with Crippen molar-refractivity contribution < 1.29 is 0 Å². The summed E-state index contributed by atoms with van der Waals surface area (Å²) < 4.78 is 3.23. The Bertz CT molecular complexity index is 1360. The van der Waals surface area contributed by atoms with Gasteiger partial charge in [0.2, 0.25) is 0 Å². The van der Waals surface area contributed by atoms with Gasteiger partial charge in [-0.05, 0) is 31.2 Å². The topological polar surface area (TPSA) is 69.3 Å². The van der Waals surface area contributed by atoms with Gasteiger partial charge in [0.05, 0.1) is 11.1 Å². The summed E-state index contributed by atoms with van der Waals surface area (Å²) in [6.07, 6.45) is 7.75. The molecular formula is C20H18N4O2S3. The zero-order valence-corrected chi connectivity index (χ0v) is 18.0. The van der Waals surface area contributed by atoms with Crippen LogP contribution in [0.25, 0.3) is 15.2 Å². The quantitative estimate of drug-likeness (QED) is 0.266. The van der Waals surface area contributed by atoms with E-state index in [0.29, 0.717) is 28.1 Å². The summed E-state index contributed by atoms with van der Waals surface area (Å²) in [6, 6.07) is 1.55. The predicted molar refractivity (Wildman–Crippen MR) is 120 cm³/mol. The Hall–Kier alpha value is -2.23. The molecule has 4 heterocycles. The average Bonchev–Trinajstić information content (AvgIpc) is 3.33. The molecule has 4 aromatic rings. The Labute approximate surface area is 178 Å². The monoisotopic (exact) mass is 442 g/mol. The lowest BCUT2D eigenvalue weighted by Gasteiger charge is -2.12. The second-order valence-electron chi connectivity index (χ2n) is 6.92. The van der Waals surface area contributed by atoms with Gasteiger partial charge in [-0.2, -0.15) is 0 Å². The van der Waals surface area contributed by atoms with Crippen LogP contribution in [-0.4, -0.2) is 18.9 Å². The number of thiophene rings is 1. The van der Waals surface area contributed by atoms with E-state index in [9.17, 15) is 9.59 Å². The highest BCUT2D eigenvalue weighted by atomic mass is 32.2. The van der Waals surface area contributed by atoms with Crippen LogP contribution in [-0.2, 0) is 25.1 Å². The molecule has 0 N–H and O–H groups in total. The van der Waals surface area contributed by atoms with Crippen molar-refractivity contribution in [1.29, 1.82) is 0 Å². The highest BCUT2D eigenvalue weighted by molar-refractivity contribution is 7.98. The van der Waals surface area contributed by atoms with Crippen molar-refractivity contribution in [2.75, 3.05) is 0 Å². The maximum atomic E-state index is 13.3. The Morgan fingerprint density at radius 3 is 2.97 bits per heavy atom. The smallest absolute Gasteiger partial charge is 0.263 e. The molecule has 0 amide bonds. The summed E-state index contributed by atoms with van der Waals surface area (Å²) in [7, 11) is 0. The van der Waals surface area contributed by atoms with E-state index in [4.69, 9.17) is 4.98 Å². The Balaban J connectivity index is 1.56. The first-order valence-electron chi connectivity index (χ1n) is 9.40. The van der Waals surface area contributed by atoms with Crippen LogP contribution in [0.2, 0.25) is 0 Å². The number of thiazole rings is 1. The van der Waals surface area contributed by atoms with Gasteiger partial charge in [0, 0.05) is 34.8 Å². The fraction of sp³-hybridized carbons (Fsp3) is 0.300. The predicted octanol–water partition coefficient (Wildman–Crippen LogP) is 3.88. The van der Waals surface area contributed by atoms with Crippen molar-refractivity contribution >= 4 is 49.6 Å². The van der Waals surface area contributed by atoms with Gasteiger partial charge >= 0.3 is 0 Å². The van der Waals surface area contributed by atoms with E-state index in [1.807, 2.05) is 5.38 Å². The number of hydrogen-bond acceptors (Lipinski definition) is 7. The molecule has 0 aromatic carbocycles. The highest BCUT2D eigenvalue weighted by Crippen LogP contribution is 2.35. The van der Waals surface area contributed by atoms with Gasteiger partial charge in [-0.25, -0.2) is 9.97 Å². The summed E-state index contributed by atoms with van der Waals surface area (Å²) in [5, 5.41) is 3.28. The molecular weight excluding hydrogens is 424 g/mol. The van der Waals surface area contributed by atoms with Crippen LogP contribution in [0.5, 0.6) is 0 Å². The number of nitrogens with zero attached hydrogens (tertiary/aromatic N) is 4. The lowest BCUT2D eigenvalue weighted by molar-refractivity contribution is 0.668. The molecule has 0 aliphatic heterocycles. The molecule has 1 aliphatic carbocycles. The Morgan fingerprint density at radius 1 is 1.24 bits per heavy atom. The van der Waals surface area contributed by atoms with Crippen molar-refractivity contribution in [2.24, 2.45) is 0 Å². The minimum atomic E-state index is -0.0929. The first-order valence-corrected chi connectivity index (χ1v) is 12.1. The minimum absolute atomic E-state index is 0.0125. The summed E-state index contributed by atoms with van der Waals surface area (Å²) in [5.41, 5.74) is 1.80. The highest BCUT2D eigenvalue weighted by Gasteiger charge is 2.22. The van der Waals surface area contributed by atoms with E-state index in [1.54, 1.807) is 34.2 Å². The van der Waals surface area contributed by atoms with Crippen LogP contribution in [0.1, 0.15) is 29.0 Å². The van der Waals surface area contributed by atoms with Crippen molar-refractivity contribution in [3.8, 4) is 0 Å². The Kier molecular flexibility index (Phi) is 4.89. The molecule has 29 heavy (non-hydrogen) atoms. The van der Waals surface area contributed by atoms with E-state index in [-0.39, 0.29) is 11.1 Å². The first-order chi connectivity index (χ1) is 14.2. The molecule has 1 aliphatic rings. The Morgan fingerprint density at radius 2 is 2.10 bits per heavy atom. The number of fused-ring (bicyclic) bond motifs is 4. The molecule has 6 nitrogen and oxygen atoms in total. The molecule has 0 saturated carbocycles. The molecule has 0 fully saturated rings. The number of rotatable bonds is 5. The third kappa shape index (κ3) is 3.27. The van der Waals surface area contributed by atoms with Crippen LogP contribution in [0.15, 0.2) is 45.0 Å². The standard InChI is InChI=1S/C20H18N4O2S3/c1-2-7-24-18(26)16-13-5-3-4-6-14(13)29-17(16)22-20(24)28-11-12-10-15(25)23-8-9-27-19(23)21-12/h2,8-10H,1,3-7,11H2. The lowest BCUT2D eigenvalue weighted by Crippen LogP contribution is -2.23. The summed E-state index contributed by atoms with van der Waals surface area (Å²) >= 11 is 4.52. The molecule has 0 saturated heterocycles. The van der Waals surface area contributed by atoms with Crippen LogP contribution in [0, 0.1) is 0 Å². The van der Waals surface area contributed by atoms with Crippen molar-refractivity contribution in [1.82, 2.24) is 18.9 Å². The number of aryl methyl sites for hydroxylation is 2. The second kappa shape index (κ2) is 7.55. The van der Waals surface area contributed by atoms with Crippen molar-refractivity contribution in [3.05, 3.63) is 67.1 Å². The molecule has 9 heteroatoms. The van der Waals surface area contributed by atoms with Gasteiger partial charge in [0.1, 0.15) is 4.83 Å². The number of thioether (sulfide) groups is 1. The summed E-state index contributed by atoms with van der Waals surface area (Å²) in [4.78, 5) is 37.7. The van der Waals surface area contributed by atoms with E-state index < -0.39 is 0 Å². The first kappa shape index (κ1) is 18.8. The van der Waals surface area contributed by atoms with E-state index >= 15 is 0 Å². The molecule has 148 valence electrons. The fourth-order valence-electron chi connectivity index (χ4n) is 3.72. The van der Waals surface area contributed by atoms with Crippen molar-refractivity contribution in [2.45, 2.75) is 43.1 Å². The summed E-state index contributed by atoms with van der Waals surface area (Å²) in [5.74, 6) is 0.476. The SMILES string of the molecule is C=CCn1c(SCc2cc(=O)n3ccsc3n2)nc2sc3c(c2c1=O)CCCC3. The molecule has 5 rings (SSSR count). The zero-order valence-electron chi connectivity index (χ0n) is 15.6. The number of hydrogen-bond donors (Lipinski definition) is 0. The van der Waals surface area contributed by atoms with Crippen LogP contribution in [0.3, 0.4) is 0 Å². The molecule has 0 atom stereocenters. The van der Waals surface area contributed by atoms with E-state index in [0.717, 1.165) is 29.5 Å². The number of aromatic nitrogens is 4. The van der Waals surface area contributed by atoms with Gasteiger partial charge in [-0.15, -0.1) is 29.3 Å². The third-order valence-corrected chi connectivity index (χ3v) is 8.01. The zero-order chi connectivity index (χ0) is 20.0. The molecule has 0 bridgehead atoms.